The van der Waals surface area contributed by atoms with E-state index in [-0.39, 0.29) is 29.5 Å². The highest BCUT2D eigenvalue weighted by atomic mass is 32.2. The Morgan fingerprint density at radius 1 is 1.33 bits per heavy atom. The van der Waals surface area contributed by atoms with Crippen LogP contribution in [0.15, 0.2) is 41.6 Å². The van der Waals surface area contributed by atoms with E-state index in [2.05, 4.69) is 15.3 Å². The second kappa shape index (κ2) is 8.01. The van der Waals surface area contributed by atoms with Gasteiger partial charge in [-0.3, -0.25) is 4.79 Å². The Kier molecular flexibility index (Phi) is 5.71. The Morgan fingerprint density at radius 3 is 2.74 bits per heavy atom. The van der Waals surface area contributed by atoms with E-state index in [0.717, 1.165) is 0 Å². The summed E-state index contributed by atoms with van der Waals surface area (Å²) in [4.78, 5) is 19.8. The summed E-state index contributed by atoms with van der Waals surface area (Å²) in [6.07, 6.45) is 3.80. The molecule has 1 fully saturated rings. The summed E-state index contributed by atoms with van der Waals surface area (Å²) in [5.74, 6) is -0.118. The Balaban J connectivity index is 1.72. The molecule has 1 atom stereocenters. The Bertz CT molecular complexity index is 918. The molecule has 1 aliphatic rings. The van der Waals surface area contributed by atoms with Gasteiger partial charge in [0, 0.05) is 31.0 Å². The van der Waals surface area contributed by atoms with Gasteiger partial charge in [0.2, 0.25) is 15.9 Å². The lowest BCUT2D eigenvalue weighted by atomic mass is 10.2. The topological polar surface area (TPSA) is 101 Å². The van der Waals surface area contributed by atoms with Crippen molar-refractivity contribution in [1.29, 1.82) is 0 Å². The van der Waals surface area contributed by atoms with Gasteiger partial charge in [0.15, 0.2) is 0 Å². The van der Waals surface area contributed by atoms with Crippen LogP contribution in [0, 0.1) is 6.92 Å². The minimum atomic E-state index is -3.65. The highest BCUT2D eigenvalue weighted by Crippen LogP contribution is 2.27. The lowest BCUT2D eigenvalue weighted by Crippen LogP contribution is -2.31. The second-order valence-electron chi connectivity index (χ2n) is 6.30. The number of benzene rings is 1. The van der Waals surface area contributed by atoms with E-state index in [1.54, 1.807) is 44.4 Å². The molecule has 0 unspecified atom stereocenters. The number of hydrogen-bond acceptors (Lipinski definition) is 6. The predicted molar refractivity (Wildman–Crippen MR) is 99.9 cm³/mol. The second-order valence-corrected chi connectivity index (χ2v) is 8.21. The number of carbonyl (C=O) groups excluding carboxylic acids is 1. The van der Waals surface area contributed by atoms with Crippen LogP contribution in [0.25, 0.3) is 0 Å². The minimum Gasteiger partial charge on any atom is -0.459 e. The first-order chi connectivity index (χ1) is 12.9. The van der Waals surface area contributed by atoms with Crippen molar-refractivity contribution >= 4 is 21.6 Å². The predicted octanol–water partition coefficient (Wildman–Crippen LogP) is 1.98. The lowest BCUT2D eigenvalue weighted by molar-refractivity contribution is -0.115. The van der Waals surface area contributed by atoms with Crippen molar-refractivity contribution in [3.8, 4) is 6.01 Å². The van der Waals surface area contributed by atoms with E-state index in [9.17, 15) is 13.2 Å². The molecule has 0 radical (unpaired) electrons. The number of nitrogens with one attached hydrogen (secondary N) is 1. The van der Waals surface area contributed by atoms with Crippen molar-refractivity contribution < 1.29 is 17.9 Å². The molecule has 8 nitrogen and oxygen atoms in total. The quantitative estimate of drug-likeness (QED) is 0.809. The highest BCUT2D eigenvalue weighted by Gasteiger charge is 2.34. The SMILES string of the molecule is CCC(=O)Nc1ccc(S(=O)(=O)N2CC[C@H](Oc3ncccn3)C2)c(C)c1. The molecule has 2 heterocycles. The lowest BCUT2D eigenvalue weighted by Gasteiger charge is -2.18. The molecule has 1 saturated heterocycles. The molecule has 0 bridgehead atoms. The summed E-state index contributed by atoms with van der Waals surface area (Å²) < 4.78 is 33.1. The molecule has 9 heteroatoms. The van der Waals surface area contributed by atoms with Crippen LogP contribution in [-0.2, 0) is 14.8 Å². The van der Waals surface area contributed by atoms with E-state index in [0.29, 0.717) is 30.6 Å². The molecule has 144 valence electrons. The Morgan fingerprint density at radius 2 is 2.07 bits per heavy atom. The summed E-state index contributed by atoms with van der Waals surface area (Å²) in [5, 5.41) is 2.73. The summed E-state index contributed by atoms with van der Waals surface area (Å²) in [5.41, 5.74) is 1.17. The van der Waals surface area contributed by atoms with Crippen molar-refractivity contribution in [1.82, 2.24) is 14.3 Å². The number of hydrogen-bond donors (Lipinski definition) is 1. The first kappa shape index (κ1) is 19.2. The van der Waals surface area contributed by atoms with Gasteiger partial charge >= 0.3 is 6.01 Å². The van der Waals surface area contributed by atoms with Crippen molar-refractivity contribution in [2.45, 2.75) is 37.7 Å². The molecule has 1 aromatic carbocycles. The molecular weight excluding hydrogens is 368 g/mol. The van der Waals surface area contributed by atoms with E-state index < -0.39 is 10.0 Å². The van der Waals surface area contributed by atoms with Crippen LogP contribution in [-0.4, -0.2) is 47.8 Å². The van der Waals surface area contributed by atoms with Crippen LogP contribution < -0.4 is 10.1 Å². The molecule has 0 aliphatic carbocycles. The highest BCUT2D eigenvalue weighted by molar-refractivity contribution is 7.89. The number of nitrogens with zero attached hydrogens (tertiary/aromatic N) is 3. The van der Waals surface area contributed by atoms with Gasteiger partial charge in [-0.05, 0) is 43.2 Å². The average Bonchev–Trinajstić information content (AvgIpc) is 3.11. The average molecular weight is 390 g/mol. The Hall–Kier alpha value is -2.52. The molecule has 2 aromatic rings. The number of amides is 1. The first-order valence-electron chi connectivity index (χ1n) is 8.74. The van der Waals surface area contributed by atoms with Crippen LogP contribution in [0.4, 0.5) is 5.69 Å². The van der Waals surface area contributed by atoms with Gasteiger partial charge in [-0.25, -0.2) is 18.4 Å². The third kappa shape index (κ3) is 4.42. The van der Waals surface area contributed by atoms with Gasteiger partial charge in [0.1, 0.15) is 6.10 Å². The molecule has 27 heavy (non-hydrogen) atoms. The maximum Gasteiger partial charge on any atom is 0.316 e. The fraction of sp³-hybridized carbons (Fsp3) is 0.389. The van der Waals surface area contributed by atoms with Gasteiger partial charge in [-0.1, -0.05) is 6.92 Å². The molecule has 3 rings (SSSR count). The molecule has 1 amide bonds. The molecule has 1 N–H and O–H groups in total. The van der Waals surface area contributed by atoms with Crippen molar-refractivity contribution in [2.24, 2.45) is 0 Å². The van der Waals surface area contributed by atoms with Crippen molar-refractivity contribution in [3.05, 3.63) is 42.2 Å². The summed E-state index contributed by atoms with van der Waals surface area (Å²) in [7, 11) is -3.65. The molecule has 0 saturated carbocycles. The molecule has 1 aromatic heterocycles. The van der Waals surface area contributed by atoms with Gasteiger partial charge in [-0.2, -0.15) is 4.31 Å². The molecule has 0 spiro atoms. The third-order valence-electron chi connectivity index (χ3n) is 4.32. The Labute approximate surface area is 158 Å². The zero-order valence-corrected chi connectivity index (χ0v) is 16.1. The molecular formula is C18H22N4O4S. The number of anilines is 1. The summed E-state index contributed by atoms with van der Waals surface area (Å²) in [6.45, 7) is 4.09. The van der Waals surface area contributed by atoms with Crippen LogP contribution in [0.2, 0.25) is 0 Å². The zero-order valence-electron chi connectivity index (χ0n) is 15.3. The van der Waals surface area contributed by atoms with Crippen molar-refractivity contribution in [2.75, 3.05) is 18.4 Å². The van der Waals surface area contributed by atoms with Crippen LogP contribution >= 0.6 is 0 Å². The summed E-state index contributed by atoms with van der Waals surface area (Å²) >= 11 is 0. The summed E-state index contributed by atoms with van der Waals surface area (Å²) in [6, 6.07) is 6.74. The number of aryl methyl sites for hydroxylation is 1. The normalized spacial score (nSPS) is 17.6. The van der Waals surface area contributed by atoms with Crippen LogP contribution in [0.5, 0.6) is 6.01 Å². The van der Waals surface area contributed by atoms with E-state index in [1.165, 1.54) is 10.4 Å². The third-order valence-corrected chi connectivity index (χ3v) is 6.34. The van der Waals surface area contributed by atoms with Crippen LogP contribution in [0.1, 0.15) is 25.3 Å². The zero-order chi connectivity index (χ0) is 19.4. The maximum absolute atomic E-state index is 13.0. The van der Waals surface area contributed by atoms with Crippen LogP contribution in [0.3, 0.4) is 0 Å². The largest absolute Gasteiger partial charge is 0.459 e. The van der Waals surface area contributed by atoms with Gasteiger partial charge in [0.05, 0.1) is 11.4 Å². The smallest absolute Gasteiger partial charge is 0.316 e. The van der Waals surface area contributed by atoms with E-state index in [1.807, 2.05) is 0 Å². The van der Waals surface area contributed by atoms with E-state index in [4.69, 9.17) is 4.74 Å². The fourth-order valence-corrected chi connectivity index (χ4v) is 4.60. The fourth-order valence-electron chi connectivity index (χ4n) is 2.91. The number of ether oxygens (including phenoxy) is 1. The first-order valence-corrected chi connectivity index (χ1v) is 10.2. The van der Waals surface area contributed by atoms with Gasteiger partial charge in [0.25, 0.3) is 0 Å². The standard InChI is InChI=1S/C18H22N4O4S/c1-3-17(23)21-14-5-6-16(13(2)11-14)27(24,25)22-10-7-15(12-22)26-18-19-8-4-9-20-18/h4-6,8-9,11,15H,3,7,10,12H2,1-2H3,(H,21,23)/t15-/m0/s1. The minimum absolute atomic E-state index is 0.118. The number of rotatable bonds is 6. The molecule has 1 aliphatic heterocycles. The van der Waals surface area contributed by atoms with Gasteiger partial charge < -0.3 is 10.1 Å². The van der Waals surface area contributed by atoms with Gasteiger partial charge in [-0.15, -0.1) is 0 Å². The van der Waals surface area contributed by atoms with Crippen molar-refractivity contribution in [3.63, 3.8) is 0 Å². The monoisotopic (exact) mass is 390 g/mol. The number of carbonyl (C=O) groups is 1. The van der Waals surface area contributed by atoms with E-state index >= 15 is 0 Å². The number of sulfonamides is 1. The maximum atomic E-state index is 13.0. The number of aromatic nitrogens is 2.